The van der Waals surface area contributed by atoms with Crippen LogP contribution in [0.15, 0.2) is 30.5 Å². The van der Waals surface area contributed by atoms with Gasteiger partial charge in [-0.25, -0.2) is 9.78 Å². The first kappa shape index (κ1) is 28.9. The Labute approximate surface area is 239 Å². The molecule has 2 saturated carbocycles. The van der Waals surface area contributed by atoms with Crippen molar-refractivity contribution in [3.63, 3.8) is 0 Å². The van der Waals surface area contributed by atoms with E-state index in [1.165, 1.54) is 4.90 Å². The minimum Gasteiger partial charge on any atom is -0.497 e. The molecule has 11 nitrogen and oxygen atoms in total. The number of benzene rings is 1. The zero-order chi connectivity index (χ0) is 29.3. The lowest BCUT2D eigenvalue weighted by atomic mass is 10.0. The third-order valence-corrected chi connectivity index (χ3v) is 7.59. The number of likely N-dealkylation sites (tertiary alicyclic amines) is 1. The number of aromatic nitrogens is 1. The highest BCUT2D eigenvalue weighted by atomic mass is 16.6. The van der Waals surface area contributed by atoms with Crippen LogP contribution >= 0.6 is 0 Å². The van der Waals surface area contributed by atoms with E-state index in [9.17, 15) is 19.5 Å². The zero-order valence-corrected chi connectivity index (χ0v) is 24.1. The fourth-order valence-corrected chi connectivity index (χ4v) is 5.12. The number of amides is 3. The van der Waals surface area contributed by atoms with Crippen LogP contribution in [0, 0.1) is 5.92 Å². The van der Waals surface area contributed by atoms with Crippen LogP contribution in [0.25, 0.3) is 10.8 Å². The number of pyridine rings is 1. The summed E-state index contributed by atoms with van der Waals surface area (Å²) >= 11 is 0. The second kappa shape index (κ2) is 11.7. The first-order valence-electron chi connectivity index (χ1n) is 14.4. The van der Waals surface area contributed by atoms with E-state index in [2.05, 4.69) is 15.6 Å². The Balaban J connectivity index is 1.34. The van der Waals surface area contributed by atoms with Crippen molar-refractivity contribution in [1.29, 1.82) is 0 Å². The van der Waals surface area contributed by atoms with Crippen LogP contribution in [0.4, 0.5) is 4.79 Å². The SMILES string of the molecule is COc1ccc2c(O[C@@H]3C[C@@H](C(=O)N[C@@H](CC4CC4)C(O)C(=O)NC4CC4)N(C(=O)OC(C)(C)C)C3)nccc2c1. The topological polar surface area (TPSA) is 139 Å². The summed E-state index contributed by atoms with van der Waals surface area (Å²) < 4.78 is 17.2. The van der Waals surface area contributed by atoms with E-state index < -0.39 is 47.8 Å². The van der Waals surface area contributed by atoms with Gasteiger partial charge < -0.3 is 30.0 Å². The largest absolute Gasteiger partial charge is 0.497 e. The van der Waals surface area contributed by atoms with Gasteiger partial charge >= 0.3 is 6.09 Å². The van der Waals surface area contributed by atoms with E-state index in [0.717, 1.165) is 36.5 Å². The van der Waals surface area contributed by atoms with Gasteiger partial charge in [0.1, 0.15) is 23.5 Å². The number of fused-ring (bicyclic) bond motifs is 1. The van der Waals surface area contributed by atoms with Gasteiger partial charge in [0, 0.05) is 24.0 Å². The highest BCUT2D eigenvalue weighted by molar-refractivity contribution is 5.89. The average Bonchev–Trinajstić information content (AvgIpc) is 3.86. The minimum atomic E-state index is -1.37. The molecule has 4 atom stereocenters. The zero-order valence-electron chi connectivity index (χ0n) is 24.1. The molecular weight excluding hydrogens is 528 g/mol. The first-order valence-corrected chi connectivity index (χ1v) is 14.4. The molecule has 2 heterocycles. The highest BCUT2D eigenvalue weighted by Crippen LogP contribution is 2.35. The lowest BCUT2D eigenvalue weighted by Crippen LogP contribution is -2.55. The third kappa shape index (κ3) is 7.38. The number of hydrogen-bond acceptors (Lipinski definition) is 8. The number of ether oxygens (including phenoxy) is 3. The number of methoxy groups -OCH3 is 1. The monoisotopic (exact) mass is 568 g/mol. The van der Waals surface area contributed by atoms with Gasteiger partial charge in [0.25, 0.3) is 5.91 Å². The lowest BCUT2D eigenvalue weighted by molar-refractivity contribution is -0.133. The molecule has 0 radical (unpaired) electrons. The molecule has 1 aromatic heterocycles. The average molecular weight is 569 g/mol. The molecule has 1 saturated heterocycles. The van der Waals surface area contributed by atoms with Crippen LogP contribution in [0.1, 0.15) is 59.3 Å². The summed E-state index contributed by atoms with van der Waals surface area (Å²) in [5, 5.41) is 18.2. The lowest BCUT2D eigenvalue weighted by Gasteiger charge is -2.30. The number of hydrogen-bond donors (Lipinski definition) is 3. The molecule has 3 fully saturated rings. The summed E-state index contributed by atoms with van der Waals surface area (Å²) in [6, 6.07) is 5.83. The minimum absolute atomic E-state index is 0.0913. The molecule has 3 N–H and O–H groups in total. The van der Waals surface area contributed by atoms with Crippen LogP contribution in [-0.4, -0.2) is 82.5 Å². The molecule has 222 valence electrons. The highest BCUT2D eigenvalue weighted by Gasteiger charge is 2.45. The summed E-state index contributed by atoms with van der Waals surface area (Å²) in [5.41, 5.74) is -0.765. The predicted octanol–water partition coefficient (Wildman–Crippen LogP) is 2.92. The van der Waals surface area contributed by atoms with E-state index >= 15 is 0 Å². The van der Waals surface area contributed by atoms with E-state index in [1.54, 1.807) is 34.1 Å². The van der Waals surface area contributed by atoms with Gasteiger partial charge in [-0.3, -0.25) is 14.5 Å². The van der Waals surface area contributed by atoms with Gasteiger partial charge in [-0.05, 0) is 75.6 Å². The third-order valence-electron chi connectivity index (χ3n) is 7.59. The second-order valence-electron chi connectivity index (χ2n) is 12.3. The maximum Gasteiger partial charge on any atom is 0.411 e. The summed E-state index contributed by atoms with van der Waals surface area (Å²) in [4.78, 5) is 45.3. The number of nitrogens with zero attached hydrogens (tertiary/aromatic N) is 2. The Morgan fingerprint density at radius 3 is 2.56 bits per heavy atom. The number of aliphatic hydroxyl groups is 1. The fraction of sp³-hybridized carbons (Fsp3) is 0.600. The standard InChI is InChI=1S/C30H40N4O7/c1-30(2,3)41-29(38)34-16-21(40-28-22-10-9-20(39-4)14-18(22)11-12-31-28)15-24(34)26(36)33-23(13-17-5-6-17)25(35)27(37)32-19-7-8-19/h9-12,14,17,19,21,23-25,35H,5-8,13,15-16H2,1-4H3,(H,32,37)(H,33,36)/t21-,23+,24+,25?/m1/s1. The molecule has 0 spiro atoms. The maximum absolute atomic E-state index is 13.7. The van der Waals surface area contributed by atoms with Crippen LogP contribution in [0.3, 0.4) is 0 Å². The van der Waals surface area contributed by atoms with Crippen molar-refractivity contribution >= 4 is 28.7 Å². The van der Waals surface area contributed by atoms with Crippen molar-refractivity contribution in [3.05, 3.63) is 30.5 Å². The first-order chi connectivity index (χ1) is 19.5. The van der Waals surface area contributed by atoms with Crippen LogP contribution < -0.4 is 20.1 Å². The summed E-state index contributed by atoms with van der Waals surface area (Å²) in [6.45, 7) is 5.40. The Morgan fingerprint density at radius 1 is 1.15 bits per heavy atom. The molecule has 1 aliphatic heterocycles. The maximum atomic E-state index is 13.7. The molecule has 5 rings (SSSR count). The fourth-order valence-electron chi connectivity index (χ4n) is 5.12. The quantitative estimate of drug-likeness (QED) is 0.398. The molecule has 2 aliphatic carbocycles. The molecule has 0 bridgehead atoms. The summed E-state index contributed by atoms with van der Waals surface area (Å²) in [6.07, 6.45) is 3.56. The number of rotatable bonds is 10. The number of aliphatic hydroxyl groups excluding tert-OH is 1. The van der Waals surface area contributed by atoms with Crippen molar-refractivity contribution in [2.75, 3.05) is 13.7 Å². The van der Waals surface area contributed by atoms with Crippen LogP contribution in [0.2, 0.25) is 0 Å². The Hall–Kier alpha value is -3.60. The van der Waals surface area contributed by atoms with Gasteiger partial charge in [0.15, 0.2) is 6.10 Å². The van der Waals surface area contributed by atoms with Crippen molar-refractivity contribution in [3.8, 4) is 11.6 Å². The van der Waals surface area contributed by atoms with Crippen molar-refractivity contribution in [2.24, 2.45) is 5.92 Å². The molecule has 2 aromatic rings. The van der Waals surface area contributed by atoms with Gasteiger partial charge in [-0.2, -0.15) is 0 Å². The molecule has 3 amide bonds. The van der Waals surface area contributed by atoms with Crippen molar-refractivity contribution < 1.29 is 33.7 Å². The number of nitrogens with one attached hydrogen (secondary N) is 2. The Kier molecular flexibility index (Phi) is 8.26. The van der Waals surface area contributed by atoms with Crippen molar-refractivity contribution in [2.45, 2.75) is 95.2 Å². The molecular formula is C30H40N4O7. The number of carbonyl (C=O) groups is 3. The Morgan fingerprint density at radius 2 is 1.90 bits per heavy atom. The van der Waals surface area contributed by atoms with Gasteiger partial charge in [0.05, 0.1) is 19.7 Å². The smallest absolute Gasteiger partial charge is 0.411 e. The molecule has 11 heteroatoms. The van der Waals surface area contributed by atoms with E-state index in [1.807, 2.05) is 24.3 Å². The van der Waals surface area contributed by atoms with Crippen LogP contribution in [0.5, 0.6) is 11.6 Å². The van der Waals surface area contributed by atoms with Crippen molar-refractivity contribution in [1.82, 2.24) is 20.5 Å². The predicted molar refractivity (Wildman–Crippen MR) is 150 cm³/mol. The normalized spacial score (nSPS) is 22.1. The molecule has 41 heavy (non-hydrogen) atoms. The molecule has 3 aliphatic rings. The second-order valence-corrected chi connectivity index (χ2v) is 12.3. The van der Waals surface area contributed by atoms with E-state index in [-0.39, 0.29) is 19.0 Å². The summed E-state index contributed by atoms with van der Waals surface area (Å²) in [7, 11) is 1.60. The number of carbonyl (C=O) groups excluding carboxylic acids is 3. The van der Waals surface area contributed by atoms with Gasteiger partial charge in [-0.15, -0.1) is 0 Å². The molecule has 1 aromatic carbocycles. The Bertz CT molecular complexity index is 1290. The van der Waals surface area contributed by atoms with Gasteiger partial charge in [-0.1, -0.05) is 12.8 Å². The summed E-state index contributed by atoms with van der Waals surface area (Å²) in [5.74, 6) is 0.507. The van der Waals surface area contributed by atoms with E-state index in [0.29, 0.717) is 24.0 Å². The van der Waals surface area contributed by atoms with E-state index in [4.69, 9.17) is 14.2 Å². The van der Waals surface area contributed by atoms with Gasteiger partial charge in [0.2, 0.25) is 11.8 Å². The molecule has 1 unspecified atom stereocenters. The van der Waals surface area contributed by atoms with Crippen LogP contribution in [-0.2, 0) is 14.3 Å².